The Bertz CT molecular complexity index is 530. The van der Waals surface area contributed by atoms with Crippen molar-refractivity contribution in [2.24, 2.45) is 0 Å². The number of hydrogen-bond acceptors (Lipinski definition) is 6. The largest absolute Gasteiger partial charge is 0.480 e. The maximum atomic E-state index is 5.14. The van der Waals surface area contributed by atoms with Crippen molar-refractivity contribution < 1.29 is 4.74 Å². The quantitative estimate of drug-likeness (QED) is 0.927. The average Bonchev–Trinajstić information content (AvgIpc) is 3.02. The molecule has 2 aromatic rings. The van der Waals surface area contributed by atoms with Crippen LogP contribution in [-0.4, -0.2) is 39.6 Å². The van der Waals surface area contributed by atoms with Crippen molar-refractivity contribution in [3.63, 3.8) is 0 Å². The summed E-state index contributed by atoms with van der Waals surface area (Å²) < 4.78 is 11.4. The number of nitrogens with zero attached hydrogens (tertiary/aromatic N) is 4. The van der Waals surface area contributed by atoms with Crippen molar-refractivity contribution in [1.29, 1.82) is 0 Å². The second-order valence-corrected chi connectivity index (χ2v) is 5.44. The van der Waals surface area contributed by atoms with E-state index in [9.17, 15) is 0 Å². The summed E-state index contributed by atoms with van der Waals surface area (Å²) >= 11 is 1.42. The van der Waals surface area contributed by atoms with Crippen LogP contribution in [0.25, 0.3) is 10.6 Å². The molecular weight excluding hydrogens is 262 g/mol. The highest BCUT2D eigenvalue weighted by Crippen LogP contribution is 2.31. The monoisotopic (exact) mass is 279 g/mol. The second kappa shape index (κ2) is 5.66. The maximum Gasteiger partial charge on any atom is 0.225 e. The zero-order valence-corrected chi connectivity index (χ0v) is 11.7. The summed E-state index contributed by atoms with van der Waals surface area (Å²) in [6, 6.07) is 2.36. The summed E-state index contributed by atoms with van der Waals surface area (Å²) in [6.45, 7) is 2.13. The Morgan fingerprint density at radius 3 is 3.21 bits per heavy atom. The van der Waals surface area contributed by atoms with Crippen LogP contribution in [0.3, 0.4) is 0 Å². The SMILES string of the molecule is COc1cc(-c2cnnn2C2CCCNCC2)sn1. The van der Waals surface area contributed by atoms with Gasteiger partial charge in [0.15, 0.2) is 0 Å². The molecule has 0 saturated carbocycles. The van der Waals surface area contributed by atoms with Gasteiger partial charge in [-0.05, 0) is 43.9 Å². The van der Waals surface area contributed by atoms with Gasteiger partial charge in [-0.3, -0.25) is 0 Å². The number of hydrogen-bond donors (Lipinski definition) is 1. The van der Waals surface area contributed by atoms with Crippen molar-refractivity contribution in [2.45, 2.75) is 25.3 Å². The molecule has 0 radical (unpaired) electrons. The van der Waals surface area contributed by atoms with Crippen molar-refractivity contribution in [2.75, 3.05) is 20.2 Å². The van der Waals surface area contributed by atoms with E-state index in [-0.39, 0.29) is 0 Å². The molecule has 0 amide bonds. The number of aromatic nitrogens is 4. The minimum absolute atomic E-state index is 0.417. The Balaban J connectivity index is 1.88. The Labute approximate surface area is 115 Å². The van der Waals surface area contributed by atoms with Crippen LogP contribution in [0.4, 0.5) is 0 Å². The van der Waals surface area contributed by atoms with Gasteiger partial charge in [0, 0.05) is 6.07 Å². The van der Waals surface area contributed by atoms with Gasteiger partial charge in [0.2, 0.25) is 5.88 Å². The average molecular weight is 279 g/mol. The van der Waals surface area contributed by atoms with Gasteiger partial charge >= 0.3 is 0 Å². The molecule has 1 fully saturated rings. The van der Waals surface area contributed by atoms with Crippen molar-refractivity contribution in [3.8, 4) is 16.5 Å². The standard InChI is InChI=1S/C12H17N5OS/c1-18-12-7-11(19-15-12)10-8-14-16-17(10)9-3-2-5-13-6-4-9/h7-9,13H,2-6H2,1H3. The van der Waals surface area contributed by atoms with Gasteiger partial charge in [0.05, 0.1) is 24.2 Å². The third-order valence-corrected chi connectivity index (χ3v) is 4.21. The molecule has 1 atom stereocenters. The number of ether oxygens (including phenoxy) is 1. The van der Waals surface area contributed by atoms with E-state index in [1.807, 2.05) is 16.9 Å². The Hall–Kier alpha value is -1.47. The minimum Gasteiger partial charge on any atom is -0.480 e. The Kier molecular flexibility index (Phi) is 3.74. The van der Waals surface area contributed by atoms with E-state index in [1.54, 1.807) is 7.11 Å². The molecule has 0 aliphatic carbocycles. The van der Waals surface area contributed by atoms with Crippen LogP contribution in [0, 0.1) is 0 Å². The summed E-state index contributed by atoms with van der Waals surface area (Å²) in [5, 5.41) is 11.8. The van der Waals surface area contributed by atoms with Crippen molar-refractivity contribution in [1.82, 2.24) is 24.7 Å². The first-order valence-electron chi connectivity index (χ1n) is 6.50. The lowest BCUT2D eigenvalue weighted by Crippen LogP contribution is -2.16. The molecule has 102 valence electrons. The fraction of sp³-hybridized carbons (Fsp3) is 0.583. The Morgan fingerprint density at radius 2 is 2.37 bits per heavy atom. The van der Waals surface area contributed by atoms with Gasteiger partial charge in [0.1, 0.15) is 5.69 Å². The predicted molar refractivity (Wildman–Crippen MR) is 73.4 cm³/mol. The van der Waals surface area contributed by atoms with Crippen molar-refractivity contribution >= 4 is 11.5 Å². The third kappa shape index (κ3) is 2.62. The molecule has 1 saturated heterocycles. The number of nitrogens with one attached hydrogen (secondary N) is 1. The summed E-state index contributed by atoms with van der Waals surface area (Å²) in [6.07, 6.45) is 5.22. The molecular formula is C12H17N5OS. The molecule has 1 aliphatic rings. The van der Waals surface area contributed by atoms with E-state index in [0.29, 0.717) is 11.9 Å². The number of rotatable bonds is 3. The normalized spacial score (nSPS) is 20.2. The molecule has 7 heteroatoms. The highest BCUT2D eigenvalue weighted by atomic mass is 32.1. The van der Waals surface area contributed by atoms with E-state index in [4.69, 9.17) is 4.74 Å². The maximum absolute atomic E-state index is 5.14. The molecule has 0 spiro atoms. The molecule has 3 heterocycles. The van der Waals surface area contributed by atoms with E-state index >= 15 is 0 Å². The topological polar surface area (TPSA) is 64.9 Å². The van der Waals surface area contributed by atoms with E-state index in [2.05, 4.69) is 20.0 Å². The fourth-order valence-electron chi connectivity index (χ4n) is 2.41. The van der Waals surface area contributed by atoms with Crippen LogP contribution >= 0.6 is 11.5 Å². The van der Waals surface area contributed by atoms with Gasteiger partial charge in [-0.15, -0.1) is 5.10 Å². The van der Waals surface area contributed by atoms with Crippen LogP contribution in [0.15, 0.2) is 12.3 Å². The van der Waals surface area contributed by atoms with Crippen LogP contribution in [0.1, 0.15) is 25.3 Å². The van der Waals surface area contributed by atoms with E-state index < -0.39 is 0 Å². The highest BCUT2D eigenvalue weighted by molar-refractivity contribution is 7.09. The first-order valence-corrected chi connectivity index (χ1v) is 7.28. The zero-order chi connectivity index (χ0) is 13.1. The lowest BCUT2D eigenvalue weighted by molar-refractivity contribution is 0.402. The van der Waals surface area contributed by atoms with Crippen molar-refractivity contribution in [3.05, 3.63) is 12.3 Å². The molecule has 2 aromatic heterocycles. The molecule has 1 unspecified atom stereocenters. The van der Waals surface area contributed by atoms with Gasteiger partial charge in [-0.25, -0.2) is 4.68 Å². The second-order valence-electron chi connectivity index (χ2n) is 4.63. The first kappa shape index (κ1) is 12.6. The van der Waals surface area contributed by atoms with Crippen LogP contribution < -0.4 is 10.1 Å². The van der Waals surface area contributed by atoms with Gasteiger partial charge in [-0.1, -0.05) is 5.21 Å². The minimum atomic E-state index is 0.417. The van der Waals surface area contributed by atoms with Crippen LogP contribution in [0.2, 0.25) is 0 Å². The summed E-state index contributed by atoms with van der Waals surface area (Å²) in [5.74, 6) is 0.648. The van der Waals surface area contributed by atoms with Gasteiger partial charge in [-0.2, -0.15) is 4.37 Å². The molecule has 6 nitrogen and oxygen atoms in total. The molecule has 1 N–H and O–H groups in total. The molecule has 1 aliphatic heterocycles. The summed E-state index contributed by atoms with van der Waals surface area (Å²) in [4.78, 5) is 1.05. The molecule has 0 bridgehead atoms. The molecule has 19 heavy (non-hydrogen) atoms. The molecule has 0 aromatic carbocycles. The zero-order valence-electron chi connectivity index (χ0n) is 10.9. The fourth-order valence-corrected chi connectivity index (χ4v) is 3.12. The van der Waals surface area contributed by atoms with E-state index in [1.165, 1.54) is 18.0 Å². The van der Waals surface area contributed by atoms with Gasteiger partial charge < -0.3 is 10.1 Å². The first-order chi connectivity index (χ1) is 9.38. The van der Waals surface area contributed by atoms with Crippen LogP contribution in [-0.2, 0) is 0 Å². The molecule has 3 rings (SSSR count). The predicted octanol–water partition coefficient (Wildman–Crippen LogP) is 1.72. The van der Waals surface area contributed by atoms with Gasteiger partial charge in [0.25, 0.3) is 0 Å². The number of methoxy groups -OCH3 is 1. The highest BCUT2D eigenvalue weighted by Gasteiger charge is 2.19. The summed E-state index contributed by atoms with van der Waals surface area (Å²) in [7, 11) is 1.63. The summed E-state index contributed by atoms with van der Waals surface area (Å²) in [5.41, 5.74) is 1.03. The smallest absolute Gasteiger partial charge is 0.225 e. The van der Waals surface area contributed by atoms with Crippen LogP contribution in [0.5, 0.6) is 5.88 Å². The Morgan fingerprint density at radius 1 is 1.42 bits per heavy atom. The third-order valence-electron chi connectivity index (χ3n) is 3.42. The lowest BCUT2D eigenvalue weighted by atomic mass is 10.1. The lowest BCUT2D eigenvalue weighted by Gasteiger charge is -2.15. The van der Waals surface area contributed by atoms with E-state index in [0.717, 1.165) is 36.5 Å².